The molecule has 0 bridgehead atoms. The minimum Gasteiger partial charge on any atom is -0.477 e. The summed E-state index contributed by atoms with van der Waals surface area (Å²) in [5.74, 6) is 0.558. The van der Waals surface area contributed by atoms with E-state index in [2.05, 4.69) is 50.0 Å². The molecule has 0 N–H and O–H groups in total. The molecule has 1 heterocycles. The van der Waals surface area contributed by atoms with Gasteiger partial charge >= 0.3 is 0 Å². The van der Waals surface area contributed by atoms with Crippen LogP contribution in [-0.4, -0.2) is 12.5 Å². The lowest BCUT2D eigenvalue weighted by atomic mass is 9.79. The Morgan fingerprint density at radius 3 is 2.47 bits per heavy atom. The van der Waals surface area contributed by atoms with Crippen LogP contribution in [0.4, 0.5) is 0 Å². The Balaban J connectivity index is 2.32. The summed E-state index contributed by atoms with van der Waals surface area (Å²) in [7, 11) is 0. The summed E-state index contributed by atoms with van der Waals surface area (Å²) in [6.07, 6.45) is 4.07. The molecule has 1 aromatic rings. The van der Waals surface area contributed by atoms with Crippen molar-refractivity contribution < 1.29 is 4.74 Å². The summed E-state index contributed by atoms with van der Waals surface area (Å²) in [4.78, 5) is 4.59. The summed E-state index contributed by atoms with van der Waals surface area (Å²) in [6, 6.07) is 10.5. The number of ether oxygens (including phenoxy) is 1. The maximum atomic E-state index is 5.78. The standard InChI is InChI=1S/C15H21NO/c1-4-12(5-2)14-15(3,16-11-17-14)13-9-7-6-8-10-13/h6-12,14H,4-5H2,1-3H3. The third-order valence-electron chi connectivity index (χ3n) is 3.92. The molecule has 1 aliphatic rings. The molecule has 2 unspecified atom stereocenters. The maximum Gasteiger partial charge on any atom is 0.171 e. The van der Waals surface area contributed by atoms with Gasteiger partial charge in [0.1, 0.15) is 11.6 Å². The average Bonchev–Trinajstić information content (AvgIpc) is 2.76. The average molecular weight is 231 g/mol. The quantitative estimate of drug-likeness (QED) is 0.773. The first-order valence-corrected chi connectivity index (χ1v) is 6.47. The van der Waals surface area contributed by atoms with Crippen LogP contribution in [0.25, 0.3) is 0 Å². The largest absolute Gasteiger partial charge is 0.477 e. The van der Waals surface area contributed by atoms with E-state index in [0.717, 1.165) is 12.8 Å². The molecule has 1 aromatic carbocycles. The van der Waals surface area contributed by atoms with Crippen molar-refractivity contribution in [2.75, 3.05) is 0 Å². The van der Waals surface area contributed by atoms with E-state index in [1.807, 2.05) is 6.07 Å². The van der Waals surface area contributed by atoms with Crippen LogP contribution in [0.5, 0.6) is 0 Å². The molecule has 0 saturated carbocycles. The molecular formula is C15H21NO. The van der Waals surface area contributed by atoms with Gasteiger partial charge in [0.15, 0.2) is 6.40 Å². The highest BCUT2D eigenvalue weighted by molar-refractivity contribution is 5.53. The molecule has 0 radical (unpaired) electrons. The van der Waals surface area contributed by atoms with Crippen molar-refractivity contribution in [2.24, 2.45) is 10.9 Å². The molecular weight excluding hydrogens is 210 g/mol. The van der Waals surface area contributed by atoms with Crippen LogP contribution in [0.1, 0.15) is 39.2 Å². The van der Waals surface area contributed by atoms with E-state index in [9.17, 15) is 0 Å². The maximum absolute atomic E-state index is 5.78. The number of hydrogen-bond donors (Lipinski definition) is 0. The zero-order valence-corrected chi connectivity index (χ0v) is 10.9. The number of benzene rings is 1. The number of nitrogens with zero attached hydrogens (tertiary/aromatic N) is 1. The third kappa shape index (κ3) is 2.08. The van der Waals surface area contributed by atoms with Crippen molar-refractivity contribution in [1.82, 2.24) is 0 Å². The lowest BCUT2D eigenvalue weighted by Gasteiger charge is -2.33. The Morgan fingerprint density at radius 1 is 1.24 bits per heavy atom. The van der Waals surface area contributed by atoms with Crippen LogP contribution in [-0.2, 0) is 10.3 Å². The van der Waals surface area contributed by atoms with E-state index >= 15 is 0 Å². The second kappa shape index (κ2) is 4.91. The fourth-order valence-electron chi connectivity index (χ4n) is 2.71. The van der Waals surface area contributed by atoms with Gasteiger partial charge in [0.2, 0.25) is 0 Å². The highest BCUT2D eigenvalue weighted by Crippen LogP contribution is 2.39. The first-order chi connectivity index (χ1) is 8.22. The molecule has 0 saturated heterocycles. The van der Waals surface area contributed by atoms with Crippen LogP contribution < -0.4 is 0 Å². The Morgan fingerprint density at radius 2 is 1.88 bits per heavy atom. The minimum absolute atomic E-state index is 0.167. The van der Waals surface area contributed by atoms with E-state index in [-0.39, 0.29) is 11.6 Å². The normalized spacial score (nSPS) is 27.4. The summed E-state index contributed by atoms with van der Waals surface area (Å²) < 4.78 is 5.78. The lowest BCUT2D eigenvalue weighted by molar-refractivity contribution is 0.0816. The molecule has 0 aromatic heterocycles. The Bertz CT molecular complexity index is 383. The Labute approximate surface area is 104 Å². The summed E-state index contributed by atoms with van der Waals surface area (Å²) in [5, 5.41) is 0. The van der Waals surface area contributed by atoms with Crippen molar-refractivity contribution in [2.45, 2.75) is 45.3 Å². The number of hydrogen-bond acceptors (Lipinski definition) is 2. The fourth-order valence-corrected chi connectivity index (χ4v) is 2.71. The van der Waals surface area contributed by atoms with Crippen LogP contribution >= 0.6 is 0 Å². The molecule has 92 valence electrons. The van der Waals surface area contributed by atoms with Gasteiger partial charge in [0.05, 0.1) is 0 Å². The predicted molar refractivity (Wildman–Crippen MR) is 71.2 cm³/mol. The highest BCUT2D eigenvalue weighted by atomic mass is 16.5. The van der Waals surface area contributed by atoms with Crippen molar-refractivity contribution in [3.63, 3.8) is 0 Å². The van der Waals surface area contributed by atoms with Gasteiger partial charge in [-0.25, -0.2) is 4.99 Å². The van der Waals surface area contributed by atoms with Crippen molar-refractivity contribution in [3.05, 3.63) is 35.9 Å². The molecule has 2 heteroatoms. The van der Waals surface area contributed by atoms with Crippen LogP contribution in [0.3, 0.4) is 0 Å². The zero-order chi connectivity index (χ0) is 12.3. The number of aliphatic imine (C=N–C) groups is 1. The highest BCUT2D eigenvalue weighted by Gasteiger charge is 2.43. The van der Waals surface area contributed by atoms with Gasteiger partial charge in [-0.1, -0.05) is 44.2 Å². The van der Waals surface area contributed by atoms with Crippen molar-refractivity contribution in [3.8, 4) is 0 Å². The molecule has 2 atom stereocenters. The third-order valence-corrected chi connectivity index (χ3v) is 3.92. The van der Waals surface area contributed by atoms with E-state index in [4.69, 9.17) is 4.74 Å². The smallest absolute Gasteiger partial charge is 0.171 e. The number of rotatable bonds is 4. The zero-order valence-electron chi connectivity index (χ0n) is 10.9. The predicted octanol–water partition coefficient (Wildman–Crippen LogP) is 3.77. The molecule has 0 aliphatic carbocycles. The lowest BCUT2D eigenvalue weighted by Crippen LogP contribution is -2.38. The van der Waals surface area contributed by atoms with Gasteiger partial charge in [0, 0.05) is 0 Å². The molecule has 2 nitrogen and oxygen atoms in total. The van der Waals surface area contributed by atoms with Gasteiger partial charge in [0.25, 0.3) is 0 Å². The molecule has 0 fully saturated rings. The fraction of sp³-hybridized carbons (Fsp3) is 0.533. The molecule has 17 heavy (non-hydrogen) atoms. The second-order valence-corrected chi connectivity index (χ2v) is 4.88. The monoisotopic (exact) mass is 231 g/mol. The summed E-state index contributed by atoms with van der Waals surface area (Å²) in [5.41, 5.74) is 1.02. The van der Waals surface area contributed by atoms with Crippen molar-refractivity contribution >= 4 is 6.40 Å². The minimum atomic E-state index is -0.224. The van der Waals surface area contributed by atoms with E-state index in [0.29, 0.717) is 5.92 Å². The van der Waals surface area contributed by atoms with E-state index < -0.39 is 0 Å². The van der Waals surface area contributed by atoms with Crippen molar-refractivity contribution in [1.29, 1.82) is 0 Å². The Hall–Kier alpha value is -1.31. The van der Waals surface area contributed by atoms with Gasteiger partial charge in [-0.15, -0.1) is 0 Å². The van der Waals surface area contributed by atoms with Crippen LogP contribution in [0, 0.1) is 5.92 Å². The van der Waals surface area contributed by atoms with Gasteiger partial charge < -0.3 is 4.74 Å². The van der Waals surface area contributed by atoms with Gasteiger partial charge in [-0.2, -0.15) is 0 Å². The Kier molecular flexibility index (Phi) is 3.51. The van der Waals surface area contributed by atoms with Gasteiger partial charge in [-0.3, -0.25) is 0 Å². The van der Waals surface area contributed by atoms with Crippen LogP contribution in [0.2, 0.25) is 0 Å². The molecule has 0 amide bonds. The topological polar surface area (TPSA) is 21.6 Å². The summed E-state index contributed by atoms with van der Waals surface area (Å²) >= 11 is 0. The SMILES string of the molecule is CCC(CC)C1OC=NC1(C)c1ccccc1. The first-order valence-electron chi connectivity index (χ1n) is 6.47. The van der Waals surface area contributed by atoms with E-state index in [1.54, 1.807) is 6.40 Å². The van der Waals surface area contributed by atoms with E-state index in [1.165, 1.54) is 5.56 Å². The first kappa shape index (κ1) is 12.2. The molecule has 1 aliphatic heterocycles. The van der Waals surface area contributed by atoms with Gasteiger partial charge in [-0.05, 0) is 31.2 Å². The second-order valence-electron chi connectivity index (χ2n) is 4.88. The molecule has 2 rings (SSSR count). The van der Waals surface area contributed by atoms with Crippen LogP contribution in [0.15, 0.2) is 35.3 Å². The molecule has 0 spiro atoms. The summed E-state index contributed by atoms with van der Waals surface area (Å²) in [6.45, 7) is 6.62.